The predicted octanol–water partition coefficient (Wildman–Crippen LogP) is 2.02. The Morgan fingerprint density at radius 3 is 2.70 bits per heavy atom. The average molecular weight is 332 g/mol. The monoisotopic (exact) mass is 332 g/mol. The van der Waals surface area contributed by atoms with Gasteiger partial charge in [-0.25, -0.2) is 14.5 Å². The van der Waals surface area contributed by atoms with E-state index in [4.69, 9.17) is 4.74 Å². The van der Waals surface area contributed by atoms with E-state index in [0.717, 1.165) is 23.8 Å². The van der Waals surface area contributed by atoms with Crippen molar-refractivity contribution in [3.05, 3.63) is 40.4 Å². The number of anilines is 1. The quantitative estimate of drug-likeness (QED) is 0.777. The van der Waals surface area contributed by atoms with E-state index in [2.05, 4.69) is 20.1 Å². The fraction of sp³-hybridized carbons (Fsp3) is 0.267. The Balaban J connectivity index is 1.85. The van der Waals surface area contributed by atoms with E-state index < -0.39 is 0 Å². The summed E-state index contributed by atoms with van der Waals surface area (Å²) in [5, 5.41) is 7.39. The lowest BCUT2D eigenvalue weighted by Gasteiger charge is -2.25. The first-order valence-electron chi connectivity index (χ1n) is 7.20. The molecule has 0 unspecified atom stereocenters. The molecule has 2 aromatic heterocycles. The normalized spacial score (nSPS) is 15.3. The number of morpholine rings is 1. The van der Waals surface area contributed by atoms with Crippen molar-refractivity contribution in [1.29, 1.82) is 0 Å². The Labute approximate surface area is 134 Å². The number of fused-ring (bicyclic) bond motifs is 1. The minimum atomic E-state index is -0.318. The molecular weight excluding hydrogens is 319 g/mol. The van der Waals surface area contributed by atoms with E-state index in [-0.39, 0.29) is 11.4 Å². The molecule has 1 aromatic carbocycles. The second kappa shape index (κ2) is 5.71. The minimum Gasteiger partial charge on any atom is -0.378 e. The maximum absolute atomic E-state index is 13.1. The van der Waals surface area contributed by atoms with Gasteiger partial charge in [0.2, 0.25) is 0 Å². The highest BCUT2D eigenvalue weighted by Gasteiger charge is 2.19. The van der Waals surface area contributed by atoms with Crippen LogP contribution in [0, 0.1) is 5.82 Å². The van der Waals surface area contributed by atoms with E-state index in [1.54, 1.807) is 12.1 Å². The van der Waals surface area contributed by atoms with E-state index in [9.17, 15) is 9.18 Å². The highest BCUT2D eigenvalue weighted by atomic mass is 32.1. The number of hydrogen-bond donors (Lipinski definition) is 1. The predicted molar refractivity (Wildman–Crippen MR) is 86.5 cm³/mol. The second-order valence-corrected chi connectivity index (χ2v) is 6.16. The van der Waals surface area contributed by atoms with Gasteiger partial charge in [0.25, 0.3) is 5.56 Å². The molecule has 8 heteroatoms. The molecule has 4 rings (SSSR count). The van der Waals surface area contributed by atoms with Crippen LogP contribution in [0.1, 0.15) is 0 Å². The Kier molecular flexibility index (Phi) is 3.55. The van der Waals surface area contributed by atoms with E-state index in [0.29, 0.717) is 29.1 Å². The van der Waals surface area contributed by atoms with Crippen molar-refractivity contribution in [3.8, 4) is 11.3 Å². The van der Waals surface area contributed by atoms with Gasteiger partial charge in [-0.3, -0.25) is 4.79 Å². The summed E-state index contributed by atoms with van der Waals surface area (Å²) in [6.45, 7) is 2.79. The third-order valence-corrected chi connectivity index (χ3v) is 4.84. The molecule has 1 saturated heterocycles. The zero-order valence-corrected chi connectivity index (χ0v) is 12.9. The van der Waals surface area contributed by atoms with Crippen LogP contribution in [0.2, 0.25) is 0 Å². The minimum absolute atomic E-state index is 0.312. The van der Waals surface area contributed by atoms with Crippen LogP contribution in [0.25, 0.3) is 21.5 Å². The van der Waals surface area contributed by atoms with Crippen molar-refractivity contribution in [2.45, 2.75) is 0 Å². The first kappa shape index (κ1) is 14.3. The Bertz CT molecular complexity index is 900. The number of nitrogens with one attached hydrogen (secondary N) is 1. The standard InChI is InChI=1S/C15H13FN4O2S/c16-10-3-1-9(2-4-10)11-13-12(14(21)19-18-11)17-15(23-13)20-5-7-22-8-6-20/h1-4H,5-8H2,(H,19,21). The van der Waals surface area contributed by atoms with Gasteiger partial charge in [0.1, 0.15) is 11.5 Å². The zero-order chi connectivity index (χ0) is 15.8. The molecule has 1 aliphatic heterocycles. The Hall–Kier alpha value is -2.32. The summed E-state index contributed by atoms with van der Waals surface area (Å²) in [6, 6.07) is 6.03. The molecule has 0 aliphatic carbocycles. The van der Waals surface area contributed by atoms with Crippen molar-refractivity contribution in [2.24, 2.45) is 0 Å². The lowest BCUT2D eigenvalue weighted by atomic mass is 10.1. The molecule has 6 nitrogen and oxygen atoms in total. The van der Waals surface area contributed by atoms with Crippen LogP contribution in [0.4, 0.5) is 9.52 Å². The third kappa shape index (κ3) is 2.60. The van der Waals surface area contributed by atoms with Crippen LogP contribution >= 0.6 is 11.3 Å². The Morgan fingerprint density at radius 2 is 1.96 bits per heavy atom. The van der Waals surface area contributed by atoms with Crippen molar-refractivity contribution >= 4 is 26.7 Å². The maximum Gasteiger partial charge on any atom is 0.291 e. The summed E-state index contributed by atoms with van der Waals surface area (Å²) >= 11 is 1.43. The van der Waals surface area contributed by atoms with Crippen LogP contribution in [0.5, 0.6) is 0 Å². The number of aromatic nitrogens is 3. The highest BCUT2D eigenvalue weighted by molar-refractivity contribution is 7.22. The molecule has 0 radical (unpaired) electrons. The number of halogens is 1. The molecule has 1 fully saturated rings. The number of ether oxygens (including phenoxy) is 1. The van der Waals surface area contributed by atoms with Crippen LogP contribution in [-0.2, 0) is 4.74 Å². The van der Waals surface area contributed by atoms with Gasteiger partial charge in [-0.15, -0.1) is 0 Å². The topological polar surface area (TPSA) is 71.1 Å². The third-order valence-electron chi connectivity index (χ3n) is 3.71. The molecule has 0 atom stereocenters. The summed E-state index contributed by atoms with van der Waals surface area (Å²) in [5.74, 6) is -0.312. The summed E-state index contributed by atoms with van der Waals surface area (Å²) < 4.78 is 19.2. The van der Waals surface area contributed by atoms with Gasteiger partial charge in [0.05, 0.1) is 17.9 Å². The Morgan fingerprint density at radius 1 is 1.22 bits per heavy atom. The van der Waals surface area contributed by atoms with Crippen LogP contribution in [0.15, 0.2) is 29.1 Å². The molecule has 0 saturated carbocycles. The summed E-state index contributed by atoms with van der Waals surface area (Å²) in [4.78, 5) is 18.6. The molecule has 23 heavy (non-hydrogen) atoms. The first-order chi connectivity index (χ1) is 11.2. The van der Waals surface area contributed by atoms with Gasteiger partial charge >= 0.3 is 0 Å². The molecule has 1 aliphatic rings. The number of H-pyrrole nitrogens is 1. The molecule has 3 heterocycles. The van der Waals surface area contributed by atoms with Crippen LogP contribution in [-0.4, -0.2) is 41.5 Å². The number of hydrogen-bond acceptors (Lipinski definition) is 6. The number of thiazole rings is 1. The lowest BCUT2D eigenvalue weighted by molar-refractivity contribution is 0.122. The summed E-state index contributed by atoms with van der Waals surface area (Å²) in [7, 11) is 0. The lowest BCUT2D eigenvalue weighted by Crippen LogP contribution is -2.36. The van der Waals surface area contributed by atoms with Gasteiger partial charge < -0.3 is 9.64 Å². The number of nitrogens with zero attached hydrogens (tertiary/aromatic N) is 3. The molecule has 0 amide bonds. The smallest absolute Gasteiger partial charge is 0.291 e. The van der Waals surface area contributed by atoms with E-state index in [1.165, 1.54) is 23.5 Å². The maximum atomic E-state index is 13.1. The van der Waals surface area contributed by atoms with Gasteiger partial charge in [0, 0.05) is 18.7 Å². The fourth-order valence-corrected chi connectivity index (χ4v) is 3.65. The van der Waals surface area contributed by atoms with Crippen molar-refractivity contribution in [3.63, 3.8) is 0 Å². The van der Waals surface area contributed by atoms with Crippen LogP contribution in [0.3, 0.4) is 0 Å². The number of aromatic amines is 1. The molecule has 3 aromatic rings. The summed E-state index contributed by atoms with van der Waals surface area (Å²) in [5.41, 5.74) is 1.40. The molecule has 118 valence electrons. The molecule has 1 N–H and O–H groups in total. The van der Waals surface area contributed by atoms with Crippen LogP contribution < -0.4 is 10.5 Å². The SMILES string of the molecule is O=c1[nH]nc(-c2ccc(F)cc2)c2sc(N3CCOCC3)nc12. The largest absolute Gasteiger partial charge is 0.378 e. The molecule has 0 spiro atoms. The van der Waals surface area contributed by atoms with Crippen molar-refractivity contribution in [2.75, 3.05) is 31.2 Å². The van der Waals surface area contributed by atoms with E-state index in [1.807, 2.05) is 0 Å². The molecule has 0 bridgehead atoms. The van der Waals surface area contributed by atoms with Gasteiger partial charge in [-0.05, 0) is 24.3 Å². The first-order valence-corrected chi connectivity index (χ1v) is 8.02. The fourth-order valence-electron chi connectivity index (χ4n) is 2.53. The van der Waals surface area contributed by atoms with Gasteiger partial charge in [0.15, 0.2) is 10.6 Å². The number of rotatable bonds is 2. The van der Waals surface area contributed by atoms with Crippen molar-refractivity contribution < 1.29 is 9.13 Å². The van der Waals surface area contributed by atoms with Crippen molar-refractivity contribution in [1.82, 2.24) is 15.2 Å². The van der Waals surface area contributed by atoms with Gasteiger partial charge in [-0.2, -0.15) is 5.10 Å². The van der Waals surface area contributed by atoms with Gasteiger partial charge in [-0.1, -0.05) is 11.3 Å². The molecular formula is C15H13FN4O2S. The van der Waals surface area contributed by atoms with E-state index >= 15 is 0 Å². The zero-order valence-electron chi connectivity index (χ0n) is 12.1. The summed E-state index contributed by atoms with van der Waals surface area (Å²) in [6.07, 6.45) is 0. The highest BCUT2D eigenvalue weighted by Crippen LogP contribution is 2.33. The second-order valence-electron chi connectivity index (χ2n) is 5.18. The number of benzene rings is 1. The average Bonchev–Trinajstić information content (AvgIpc) is 3.03.